The molecule has 0 spiro atoms. The van der Waals surface area contributed by atoms with Crippen LogP contribution in [0.3, 0.4) is 0 Å². The maximum absolute atomic E-state index is 4.25. The van der Waals surface area contributed by atoms with Crippen molar-refractivity contribution in [3.63, 3.8) is 0 Å². The second kappa shape index (κ2) is 3.26. The third-order valence-corrected chi connectivity index (χ3v) is 3.72. The summed E-state index contributed by atoms with van der Waals surface area (Å²) in [6.45, 7) is 1.17. The molecule has 1 fully saturated rings. The van der Waals surface area contributed by atoms with E-state index in [2.05, 4.69) is 22.6 Å². The molecule has 2 aliphatic rings. The van der Waals surface area contributed by atoms with E-state index in [-0.39, 0.29) is 0 Å². The van der Waals surface area contributed by atoms with E-state index in [0.717, 1.165) is 11.8 Å². The molecular weight excluding hydrogens is 172 g/mol. The molecule has 3 rings (SSSR count). The molecule has 1 aliphatic heterocycles. The fourth-order valence-corrected chi connectivity index (χ4v) is 2.97. The third kappa shape index (κ3) is 1.21. The number of fused-ring (bicyclic) bond motifs is 3. The van der Waals surface area contributed by atoms with E-state index in [1.54, 1.807) is 0 Å². The first-order chi connectivity index (χ1) is 6.95. The number of anilines is 1. The molecule has 2 nitrogen and oxygen atoms in total. The highest BCUT2D eigenvalue weighted by molar-refractivity contribution is 5.53. The van der Waals surface area contributed by atoms with Gasteiger partial charge in [-0.2, -0.15) is 0 Å². The van der Waals surface area contributed by atoms with E-state index in [0.29, 0.717) is 0 Å². The number of nitrogens with zero attached hydrogens (tertiary/aromatic N) is 1. The van der Waals surface area contributed by atoms with Gasteiger partial charge in [-0.15, -0.1) is 0 Å². The van der Waals surface area contributed by atoms with Crippen molar-refractivity contribution in [1.82, 2.24) is 4.98 Å². The molecule has 14 heavy (non-hydrogen) atoms. The normalized spacial score (nSPS) is 30.0. The van der Waals surface area contributed by atoms with Gasteiger partial charge in [0, 0.05) is 24.6 Å². The highest BCUT2D eigenvalue weighted by Gasteiger charge is 2.31. The van der Waals surface area contributed by atoms with Crippen LogP contribution in [0.25, 0.3) is 0 Å². The first kappa shape index (κ1) is 8.27. The van der Waals surface area contributed by atoms with Crippen molar-refractivity contribution in [2.24, 2.45) is 5.92 Å². The van der Waals surface area contributed by atoms with Gasteiger partial charge >= 0.3 is 0 Å². The number of rotatable bonds is 0. The van der Waals surface area contributed by atoms with E-state index < -0.39 is 0 Å². The predicted octanol–water partition coefficient (Wildman–Crippen LogP) is 2.78. The van der Waals surface area contributed by atoms with Crippen LogP contribution in [0.15, 0.2) is 18.5 Å². The summed E-state index contributed by atoms with van der Waals surface area (Å²) < 4.78 is 0. The largest absolute Gasteiger partial charge is 0.384 e. The minimum absolute atomic E-state index is 0.786. The van der Waals surface area contributed by atoms with Crippen molar-refractivity contribution in [2.45, 2.75) is 31.6 Å². The van der Waals surface area contributed by atoms with Gasteiger partial charge in [-0.1, -0.05) is 12.8 Å². The molecule has 0 aromatic carbocycles. The molecule has 0 bridgehead atoms. The van der Waals surface area contributed by atoms with Crippen LogP contribution in [-0.2, 0) is 0 Å². The predicted molar refractivity (Wildman–Crippen MR) is 57.4 cm³/mol. The Morgan fingerprint density at radius 1 is 1.29 bits per heavy atom. The standard InChI is InChI=1S/C12H16N2/c1-2-4-10-9(3-1)7-14-12-5-6-13-8-11(10)12/h5-6,8-10,14H,1-4,7H2/t9-,10+/m0/s1. The molecule has 2 heterocycles. The summed E-state index contributed by atoms with van der Waals surface area (Å²) in [5.74, 6) is 1.65. The Morgan fingerprint density at radius 2 is 2.21 bits per heavy atom. The fourth-order valence-electron chi connectivity index (χ4n) is 2.97. The lowest BCUT2D eigenvalue weighted by Crippen LogP contribution is -2.30. The highest BCUT2D eigenvalue weighted by atomic mass is 14.9. The van der Waals surface area contributed by atoms with Crippen molar-refractivity contribution in [3.05, 3.63) is 24.0 Å². The molecule has 1 N–H and O–H groups in total. The maximum Gasteiger partial charge on any atom is 0.0406 e. The molecule has 2 atom stereocenters. The van der Waals surface area contributed by atoms with Gasteiger partial charge in [0.2, 0.25) is 0 Å². The smallest absolute Gasteiger partial charge is 0.0406 e. The van der Waals surface area contributed by atoms with Crippen LogP contribution in [-0.4, -0.2) is 11.5 Å². The van der Waals surface area contributed by atoms with E-state index in [1.807, 2.05) is 6.20 Å². The Bertz CT molecular complexity index is 335. The zero-order valence-electron chi connectivity index (χ0n) is 8.37. The molecule has 0 saturated heterocycles. The first-order valence-electron chi connectivity index (χ1n) is 5.63. The van der Waals surface area contributed by atoms with Gasteiger partial charge in [-0.05, 0) is 36.3 Å². The number of hydrogen-bond donors (Lipinski definition) is 1. The summed E-state index contributed by atoms with van der Waals surface area (Å²) >= 11 is 0. The average Bonchev–Trinajstić information content (AvgIpc) is 2.29. The van der Waals surface area contributed by atoms with Crippen LogP contribution in [0.4, 0.5) is 5.69 Å². The maximum atomic E-state index is 4.25. The SMILES string of the molecule is c1cc2c(cn1)[C@@H]1CCCC[C@H]1CN2. The van der Waals surface area contributed by atoms with E-state index in [1.165, 1.54) is 43.5 Å². The molecule has 1 aliphatic carbocycles. The minimum atomic E-state index is 0.786. The van der Waals surface area contributed by atoms with Crippen LogP contribution < -0.4 is 5.32 Å². The van der Waals surface area contributed by atoms with E-state index in [9.17, 15) is 0 Å². The van der Waals surface area contributed by atoms with E-state index in [4.69, 9.17) is 0 Å². The summed E-state index contributed by atoms with van der Waals surface area (Å²) in [7, 11) is 0. The van der Waals surface area contributed by atoms with Gasteiger partial charge < -0.3 is 5.32 Å². The molecule has 0 radical (unpaired) electrons. The molecule has 2 heteroatoms. The van der Waals surface area contributed by atoms with Gasteiger partial charge in [-0.25, -0.2) is 0 Å². The molecule has 0 unspecified atom stereocenters. The second-order valence-corrected chi connectivity index (χ2v) is 4.49. The highest BCUT2D eigenvalue weighted by Crippen LogP contribution is 2.43. The lowest BCUT2D eigenvalue weighted by Gasteiger charge is -2.37. The number of hydrogen-bond acceptors (Lipinski definition) is 2. The summed E-state index contributed by atoms with van der Waals surface area (Å²) in [6, 6.07) is 2.11. The quantitative estimate of drug-likeness (QED) is 0.677. The van der Waals surface area contributed by atoms with Gasteiger partial charge in [0.15, 0.2) is 0 Å². The Morgan fingerprint density at radius 3 is 3.21 bits per heavy atom. The zero-order chi connectivity index (χ0) is 9.38. The summed E-state index contributed by atoms with van der Waals surface area (Å²) in [6.07, 6.45) is 9.52. The van der Waals surface area contributed by atoms with Gasteiger partial charge in [-0.3, -0.25) is 4.98 Å². The van der Waals surface area contributed by atoms with Crippen LogP contribution in [0.2, 0.25) is 0 Å². The van der Waals surface area contributed by atoms with Crippen molar-refractivity contribution >= 4 is 5.69 Å². The number of pyridine rings is 1. The lowest BCUT2D eigenvalue weighted by atomic mass is 9.73. The second-order valence-electron chi connectivity index (χ2n) is 4.49. The Balaban J connectivity index is 1.99. The number of aromatic nitrogens is 1. The van der Waals surface area contributed by atoms with Gasteiger partial charge in [0.25, 0.3) is 0 Å². The summed E-state index contributed by atoms with van der Waals surface area (Å²) in [5.41, 5.74) is 2.78. The van der Waals surface area contributed by atoms with E-state index >= 15 is 0 Å². The minimum Gasteiger partial charge on any atom is -0.384 e. The molecule has 1 saturated carbocycles. The zero-order valence-corrected chi connectivity index (χ0v) is 8.37. The van der Waals surface area contributed by atoms with Gasteiger partial charge in [0.1, 0.15) is 0 Å². The molecule has 0 amide bonds. The average molecular weight is 188 g/mol. The van der Waals surface area contributed by atoms with Gasteiger partial charge in [0.05, 0.1) is 0 Å². The molecule has 1 aromatic rings. The monoisotopic (exact) mass is 188 g/mol. The third-order valence-electron chi connectivity index (χ3n) is 3.72. The lowest BCUT2D eigenvalue weighted by molar-refractivity contribution is 0.312. The fraction of sp³-hybridized carbons (Fsp3) is 0.583. The van der Waals surface area contributed by atoms with Crippen molar-refractivity contribution in [3.8, 4) is 0 Å². The van der Waals surface area contributed by atoms with Crippen molar-refractivity contribution in [1.29, 1.82) is 0 Å². The first-order valence-corrected chi connectivity index (χ1v) is 5.63. The summed E-state index contributed by atoms with van der Waals surface area (Å²) in [4.78, 5) is 4.25. The number of nitrogens with one attached hydrogen (secondary N) is 1. The molecular formula is C12H16N2. The Hall–Kier alpha value is -1.05. The Kier molecular flexibility index (Phi) is 1.93. The summed E-state index contributed by atoms with van der Waals surface area (Å²) in [5, 5.41) is 3.52. The van der Waals surface area contributed by atoms with Crippen molar-refractivity contribution in [2.75, 3.05) is 11.9 Å². The topological polar surface area (TPSA) is 24.9 Å². The molecule has 74 valence electrons. The molecule has 1 aromatic heterocycles. The van der Waals surface area contributed by atoms with Crippen LogP contribution >= 0.6 is 0 Å². The Labute approximate surface area is 84.7 Å². The van der Waals surface area contributed by atoms with Crippen LogP contribution in [0.1, 0.15) is 37.2 Å². The van der Waals surface area contributed by atoms with Crippen molar-refractivity contribution < 1.29 is 0 Å². The van der Waals surface area contributed by atoms with Crippen LogP contribution in [0.5, 0.6) is 0 Å². The van der Waals surface area contributed by atoms with Crippen LogP contribution in [0, 0.1) is 5.92 Å².